The molecule has 0 aromatic carbocycles. The van der Waals surface area contributed by atoms with Crippen molar-refractivity contribution < 1.29 is 4.74 Å². The summed E-state index contributed by atoms with van der Waals surface area (Å²) in [4.78, 5) is 4.18. The monoisotopic (exact) mass is 129 g/mol. The van der Waals surface area contributed by atoms with Crippen molar-refractivity contribution in [3.8, 4) is 0 Å². The summed E-state index contributed by atoms with van der Waals surface area (Å²) in [6, 6.07) is 0.445. The van der Waals surface area contributed by atoms with E-state index in [1.807, 2.05) is 6.21 Å². The highest BCUT2D eigenvalue weighted by atomic mass is 16.5. The Hall–Kier alpha value is -0.370. The second kappa shape index (κ2) is 5.76. The van der Waals surface area contributed by atoms with Gasteiger partial charge in [-0.15, -0.1) is 0 Å². The number of ether oxygens (including phenoxy) is 1. The molecule has 0 aliphatic carbocycles. The van der Waals surface area contributed by atoms with Crippen LogP contribution >= 0.6 is 0 Å². The van der Waals surface area contributed by atoms with Crippen molar-refractivity contribution in [3.63, 3.8) is 0 Å². The molecule has 0 aromatic rings. The summed E-state index contributed by atoms with van der Waals surface area (Å²) in [6.07, 6.45) is 2.91. The van der Waals surface area contributed by atoms with Crippen molar-refractivity contribution >= 4 is 6.21 Å². The van der Waals surface area contributed by atoms with Gasteiger partial charge in [0.05, 0.1) is 6.61 Å². The minimum Gasteiger partial charge on any atom is -0.379 e. The minimum atomic E-state index is 0.445. The number of nitrogens with zero attached hydrogens (tertiary/aromatic N) is 1. The molecule has 2 nitrogen and oxygen atoms in total. The predicted octanol–water partition coefficient (Wildman–Crippen LogP) is 1.50. The van der Waals surface area contributed by atoms with Gasteiger partial charge in [-0.05, 0) is 13.3 Å². The molecule has 0 aromatic heterocycles. The largest absolute Gasteiger partial charge is 0.379 e. The van der Waals surface area contributed by atoms with Crippen LogP contribution in [-0.2, 0) is 4.74 Å². The minimum absolute atomic E-state index is 0.445. The first-order valence-corrected chi connectivity index (χ1v) is 3.31. The van der Waals surface area contributed by atoms with E-state index in [1.165, 1.54) is 0 Å². The SMILES string of the molecule is CCC(C)N=CCOC. The predicted molar refractivity (Wildman–Crippen MR) is 40.1 cm³/mol. The summed E-state index contributed by atoms with van der Waals surface area (Å²) in [6.45, 7) is 4.84. The van der Waals surface area contributed by atoms with E-state index in [0.29, 0.717) is 12.6 Å². The van der Waals surface area contributed by atoms with Gasteiger partial charge in [0.1, 0.15) is 0 Å². The lowest BCUT2D eigenvalue weighted by Gasteiger charge is -1.98. The number of hydrogen-bond acceptors (Lipinski definition) is 2. The molecule has 0 N–H and O–H groups in total. The van der Waals surface area contributed by atoms with Gasteiger partial charge in [0.15, 0.2) is 0 Å². The summed E-state index contributed by atoms with van der Waals surface area (Å²) in [5.41, 5.74) is 0. The van der Waals surface area contributed by atoms with Crippen molar-refractivity contribution in [2.75, 3.05) is 13.7 Å². The van der Waals surface area contributed by atoms with Crippen LogP contribution in [0.1, 0.15) is 20.3 Å². The first-order valence-electron chi connectivity index (χ1n) is 3.31. The van der Waals surface area contributed by atoms with Crippen LogP contribution in [0, 0.1) is 0 Å². The molecule has 0 rings (SSSR count). The van der Waals surface area contributed by atoms with Gasteiger partial charge in [-0.25, -0.2) is 0 Å². The van der Waals surface area contributed by atoms with Crippen LogP contribution in [0.15, 0.2) is 4.99 Å². The van der Waals surface area contributed by atoms with Gasteiger partial charge < -0.3 is 4.74 Å². The third kappa shape index (κ3) is 5.50. The molecule has 0 radical (unpaired) electrons. The first-order chi connectivity index (χ1) is 4.31. The molecule has 0 bridgehead atoms. The standard InChI is InChI=1S/C7H15NO/c1-4-7(2)8-5-6-9-3/h5,7H,4,6H2,1-3H3. The Morgan fingerprint density at radius 3 is 2.78 bits per heavy atom. The molecule has 0 saturated carbocycles. The molecule has 9 heavy (non-hydrogen) atoms. The van der Waals surface area contributed by atoms with Crippen LogP contribution in [0.25, 0.3) is 0 Å². The average molecular weight is 129 g/mol. The van der Waals surface area contributed by atoms with Crippen molar-refractivity contribution in [3.05, 3.63) is 0 Å². The van der Waals surface area contributed by atoms with Crippen molar-refractivity contribution in [2.24, 2.45) is 4.99 Å². The van der Waals surface area contributed by atoms with Crippen LogP contribution in [0.4, 0.5) is 0 Å². The van der Waals surface area contributed by atoms with Gasteiger partial charge in [0, 0.05) is 19.4 Å². The summed E-state index contributed by atoms with van der Waals surface area (Å²) < 4.78 is 4.79. The molecule has 1 unspecified atom stereocenters. The maximum Gasteiger partial charge on any atom is 0.0810 e. The van der Waals surface area contributed by atoms with Crippen LogP contribution in [-0.4, -0.2) is 26.0 Å². The molecule has 0 spiro atoms. The highest BCUT2D eigenvalue weighted by molar-refractivity contribution is 5.58. The number of rotatable bonds is 4. The van der Waals surface area contributed by atoms with E-state index in [4.69, 9.17) is 4.74 Å². The van der Waals surface area contributed by atoms with Gasteiger partial charge in [-0.1, -0.05) is 6.92 Å². The van der Waals surface area contributed by atoms with Crippen molar-refractivity contribution in [1.29, 1.82) is 0 Å². The van der Waals surface area contributed by atoms with E-state index in [-0.39, 0.29) is 0 Å². The molecule has 0 aliphatic rings. The van der Waals surface area contributed by atoms with Gasteiger partial charge >= 0.3 is 0 Å². The second-order valence-electron chi connectivity index (χ2n) is 2.04. The summed E-state index contributed by atoms with van der Waals surface area (Å²) in [5.74, 6) is 0. The van der Waals surface area contributed by atoms with Gasteiger partial charge in [0.25, 0.3) is 0 Å². The van der Waals surface area contributed by atoms with E-state index in [9.17, 15) is 0 Å². The first kappa shape index (κ1) is 8.63. The number of methoxy groups -OCH3 is 1. The van der Waals surface area contributed by atoms with E-state index < -0.39 is 0 Å². The summed E-state index contributed by atoms with van der Waals surface area (Å²) >= 11 is 0. The van der Waals surface area contributed by atoms with Crippen molar-refractivity contribution in [2.45, 2.75) is 26.3 Å². The maximum absolute atomic E-state index is 4.79. The van der Waals surface area contributed by atoms with Crippen molar-refractivity contribution in [1.82, 2.24) is 0 Å². The molecular weight excluding hydrogens is 114 g/mol. The lowest BCUT2D eigenvalue weighted by molar-refractivity contribution is 0.248. The topological polar surface area (TPSA) is 21.6 Å². The van der Waals surface area contributed by atoms with E-state index in [1.54, 1.807) is 7.11 Å². The molecule has 2 heteroatoms. The smallest absolute Gasteiger partial charge is 0.0810 e. The fourth-order valence-corrected chi connectivity index (χ4v) is 0.403. The highest BCUT2D eigenvalue weighted by Crippen LogP contribution is 1.91. The molecule has 0 heterocycles. The number of hydrogen-bond donors (Lipinski definition) is 0. The van der Waals surface area contributed by atoms with Crippen LogP contribution in [0.2, 0.25) is 0 Å². The van der Waals surface area contributed by atoms with Crippen LogP contribution in [0.3, 0.4) is 0 Å². The second-order valence-corrected chi connectivity index (χ2v) is 2.04. The Morgan fingerprint density at radius 1 is 1.67 bits per heavy atom. The Balaban J connectivity index is 3.20. The van der Waals surface area contributed by atoms with Gasteiger partial charge in [-0.2, -0.15) is 0 Å². The molecule has 0 amide bonds. The van der Waals surface area contributed by atoms with Gasteiger partial charge in [-0.3, -0.25) is 4.99 Å². The Bertz CT molecular complexity index is 81.0. The number of aliphatic imine (C=N–C) groups is 1. The maximum atomic E-state index is 4.79. The molecule has 0 saturated heterocycles. The molecular formula is C7H15NO. The van der Waals surface area contributed by atoms with E-state index >= 15 is 0 Å². The Kier molecular flexibility index (Phi) is 5.52. The average Bonchev–Trinajstić information content (AvgIpc) is 1.89. The summed E-state index contributed by atoms with van der Waals surface area (Å²) in [7, 11) is 1.67. The molecule has 1 atom stereocenters. The Morgan fingerprint density at radius 2 is 2.33 bits per heavy atom. The normalized spacial score (nSPS) is 14.6. The van der Waals surface area contributed by atoms with Gasteiger partial charge in [0.2, 0.25) is 0 Å². The van der Waals surface area contributed by atoms with Crippen LogP contribution < -0.4 is 0 Å². The lowest BCUT2D eigenvalue weighted by Crippen LogP contribution is -1.97. The lowest BCUT2D eigenvalue weighted by atomic mass is 10.3. The Labute approximate surface area is 56.9 Å². The quantitative estimate of drug-likeness (QED) is 0.527. The molecule has 54 valence electrons. The summed E-state index contributed by atoms with van der Waals surface area (Å²) in [5, 5.41) is 0. The molecule has 0 aliphatic heterocycles. The fraction of sp³-hybridized carbons (Fsp3) is 0.857. The zero-order valence-corrected chi connectivity index (χ0v) is 6.42. The van der Waals surface area contributed by atoms with E-state index in [0.717, 1.165) is 6.42 Å². The van der Waals surface area contributed by atoms with E-state index in [2.05, 4.69) is 18.8 Å². The zero-order valence-electron chi connectivity index (χ0n) is 6.42. The fourth-order valence-electron chi connectivity index (χ4n) is 0.403. The zero-order chi connectivity index (χ0) is 7.11. The third-order valence-corrected chi connectivity index (χ3v) is 1.19. The third-order valence-electron chi connectivity index (χ3n) is 1.19. The molecule has 0 fully saturated rings. The highest BCUT2D eigenvalue weighted by Gasteiger charge is 1.88. The van der Waals surface area contributed by atoms with Crippen LogP contribution in [0.5, 0.6) is 0 Å².